The van der Waals surface area contributed by atoms with E-state index in [0.29, 0.717) is 11.3 Å². The number of carbonyl (C=O) groups is 1. The fourth-order valence-electron chi connectivity index (χ4n) is 2.41. The highest BCUT2D eigenvalue weighted by molar-refractivity contribution is 5.87. The van der Waals surface area contributed by atoms with Crippen LogP contribution in [0.1, 0.15) is 35.0 Å². The molecule has 0 radical (unpaired) electrons. The minimum atomic E-state index is -0.969. The molecule has 22 heavy (non-hydrogen) atoms. The Kier molecular flexibility index (Phi) is 3.36. The van der Waals surface area contributed by atoms with E-state index in [1.165, 1.54) is 17.7 Å². The number of nitrogens with zero attached hydrogens (tertiary/aromatic N) is 3. The Labute approximate surface area is 127 Å². The van der Waals surface area contributed by atoms with Crippen molar-refractivity contribution in [1.82, 2.24) is 9.78 Å². The summed E-state index contributed by atoms with van der Waals surface area (Å²) < 4.78 is 1.61. The summed E-state index contributed by atoms with van der Waals surface area (Å²) in [5, 5.41) is 22.7. The highest BCUT2D eigenvalue weighted by atomic mass is 16.4. The van der Waals surface area contributed by atoms with E-state index in [-0.39, 0.29) is 5.56 Å². The van der Waals surface area contributed by atoms with Crippen LogP contribution in [-0.4, -0.2) is 20.9 Å². The van der Waals surface area contributed by atoms with Crippen LogP contribution in [0.25, 0.3) is 11.3 Å². The lowest BCUT2D eigenvalue weighted by Gasteiger charge is -2.02. The van der Waals surface area contributed by atoms with Gasteiger partial charge < -0.3 is 5.11 Å². The van der Waals surface area contributed by atoms with Gasteiger partial charge in [0.25, 0.3) is 0 Å². The zero-order valence-corrected chi connectivity index (χ0v) is 11.9. The van der Waals surface area contributed by atoms with Crippen LogP contribution in [-0.2, 0) is 0 Å². The van der Waals surface area contributed by atoms with Gasteiger partial charge in [-0.15, -0.1) is 0 Å². The third-order valence-corrected chi connectivity index (χ3v) is 3.56. The summed E-state index contributed by atoms with van der Waals surface area (Å²) in [5.41, 5.74) is 4.38. The van der Waals surface area contributed by atoms with Gasteiger partial charge in [0.15, 0.2) is 0 Å². The molecule has 1 N–H and O–H groups in total. The molecular weight excluding hydrogens is 278 g/mol. The van der Waals surface area contributed by atoms with Crippen molar-refractivity contribution in [2.24, 2.45) is 0 Å². The van der Waals surface area contributed by atoms with Crippen molar-refractivity contribution in [3.05, 3.63) is 65.0 Å². The Hall–Kier alpha value is -3.13. The summed E-state index contributed by atoms with van der Waals surface area (Å²) in [4.78, 5) is 10.9. The molecule has 1 aromatic heterocycles. The molecule has 0 fully saturated rings. The van der Waals surface area contributed by atoms with Crippen molar-refractivity contribution in [2.45, 2.75) is 13.3 Å². The van der Waals surface area contributed by atoms with Gasteiger partial charge in [-0.25, -0.2) is 9.48 Å². The van der Waals surface area contributed by atoms with Gasteiger partial charge in [0.05, 0.1) is 16.8 Å². The van der Waals surface area contributed by atoms with Crippen LogP contribution in [0, 0.1) is 11.3 Å². The maximum absolute atomic E-state index is 10.9. The molecule has 1 aromatic carbocycles. The van der Waals surface area contributed by atoms with Crippen LogP contribution in [0.15, 0.2) is 48.2 Å². The van der Waals surface area contributed by atoms with E-state index in [0.717, 1.165) is 17.7 Å². The molecule has 0 unspecified atom stereocenters. The Morgan fingerprint density at radius 1 is 1.32 bits per heavy atom. The van der Waals surface area contributed by atoms with E-state index in [4.69, 9.17) is 5.11 Å². The van der Waals surface area contributed by atoms with Gasteiger partial charge in [-0.3, -0.25) is 0 Å². The van der Waals surface area contributed by atoms with Crippen molar-refractivity contribution < 1.29 is 9.90 Å². The molecule has 108 valence electrons. The number of carboxylic acid groups (broad SMARTS) is 1. The second-order valence-electron chi connectivity index (χ2n) is 5.18. The van der Waals surface area contributed by atoms with Crippen molar-refractivity contribution >= 4 is 11.5 Å². The summed E-state index contributed by atoms with van der Waals surface area (Å²) in [6, 6.07) is 8.55. The number of nitriles is 1. The monoisotopic (exact) mass is 291 g/mol. The SMILES string of the molecule is CC1=CC=C(c2nn(-c3ccc(C(=O)O)cc3)cc2C#N)C1. The smallest absolute Gasteiger partial charge is 0.335 e. The highest BCUT2D eigenvalue weighted by Crippen LogP contribution is 2.29. The minimum absolute atomic E-state index is 0.218. The topological polar surface area (TPSA) is 78.9 Å². The minimum Gasteiger partial charge on any atom is -0.478 e. The fourth-order valence-corrected chi connectivity index (χ4v) is 2.41. The molecule has 0 bridgehead atoms. The Morgan fingerprint density at radius 2 is 2.05 bits per heavy atom. The van der Waals surface area contributed by atoms with E-state index >= 15 is 0 Å². The quantitative estimate of drug-likeness (QED) is 0.942. The van der Waals surface area contributed by atoms with Gasteiger partial charge in [0.2, 0.25) is 0 Å². The first-order valence-electron chi connectivity index (χ1n) is 6.78. The molecule has 2 aromatic rings. The average Bonchev–Trinajstić information content (AvgIpc) is 3.13. The summed E-state index contributed by atoms with van der Waals surface area (Å²) in [6.45, 7) is 2.04. The summed E-state index contributed by atoms with van der Waals surface area (Å²) in [7, 11) is 0. The van der Waals surface area contributed by atoms with Crippen LogP contribution in [0.3, 0.4) is 0 Å². The van der Waals surface area contributed by atoms with Crippen LogP contribution in [0.5, 0.6) is 0 Å². The lowest BCUT2D eigenvalue weighted by atomic mass is 10.1. The maximum Gasteiger partial charge on any atom is 0.335 e. The molecule has 1 heterocycles. The largest absolute Gasteiger partial charge is 0.478 e. The van der Waals surface area contributed by atoms with Crippen molar-refractivity contribution in [3.8, 4) is 11.8 Å². The Morgan fingerprint density at radius 3 is 2.59 bits per heavy atom. The second kappa shape index (κ2) is 5.34. The van der Waals surface area contributed by atoms with Crippen molar-refractivity contribution in [1.29, 1.82) is 5.26 Å². The average molecular weight is 291 g/mol. The number of hydrogen-bond donors (Lipinski definition) is 1. The zero-order chi connectivity index (χ0) is 15.7. The van der Waals surface area contributed by atoms with Crippen molar-refractivity contribution in [2.75, 3.05) is 0 Å². The van der Waals surface area contributed by atoms with E-state index in [2.05, 4.69) is 11.2 Å². The molecule has 1 aliphatic rings. The molecule has 5 heteroatoms. The van der Waals surface area contributed by atoms with Crippen LogP contribution >= 0.6 is 0 Å². The first kappa shape index (κ1) is 13.8. The number of benzene rings is 1. The van der Waals surface area contributed by atoms with Gasteiger partial charge in [-0.05, 0) is 43.2 Å². The molecule has 1 aliphatic carbocycles. The number of rotatable bonds is 3. The molecule has 0 saturated carbocycles. The van der Waals surface area contributed by atoms with E-state index in [1.807, 2.05) is 19.1 Å². The number of aromatic carboxylic acids is 1. The summed E-state index contributed by atoms with van der Waals surface area (Å²) in [5.74, 6) is -0.969. The Balaban J connectivity index is 1.97. The maximum atomic E-state index is 10.9. The highest BCUT2D eigenvalue weighted by Gasteiger charge is 2.16. The molecule has 5 nitrogen and oxygen atoms in total. The lowest BCUT2D eigenvalue weighted by Crippen LogP contribution is -1.99. The number of hydrogen-bond acceptors (Lipinski definition) is 3. The van der Waals surface area contributed by atoms with Crippen LogP contribution in [0.4, 0.5) is 0 Å². The first-order chi connectivity index (χ1) is 10.6. The Bertz CT molecular complexity index is 849. The number of allylic oxidation sites excluding steroid dienone is 4. The van der Waals surface area contributed by atoms with Crippen LogP contribution in [0.2, 0.25) is 0 Å². The van der Waals surface area contributed by atoms with E-state index < -0.39 is 5.97 Å². The molecule has 0 atom stereocenters. The van der Waals surface area contributed by atoms with E-state index in [1.54, 1.807) is 23.0 Å². The fraction of sp³-hybridized carbons (Fsp3) is 0.118. The zero-order valence-electron chi connectivity index (χ0n) is 11.9. The molecular formula is C17H13N3O2. The lowest BCUT2D eigenvalue weighted by molar-refractivity contribution is 0.0697. The predicted octanol–water partition coefficient (Wildman–Crippen LogP) is 3.18. The van der Waals surface area contributed by atoms with Gasteiger partial charge in [-0.1, -0.05) is 17.7 Å². The van der Waals surface area contributed by atoms with Crippen molar-refractivity contribution in [3.63, 3.8) is 0 Å². The van der Waals surface area contributed by atoms with Gasteiger partial charge >= 0.3 is 5.97 Å². The van der Waals surface area contributed by atoms with Crippen LogP contribution < -0.4 is 0 Å². The molecule has 0 aliphatic heterocycles. The third kappa shape index (κ3) is 2.42. The second-order valence-corrected chi connectivity index (χ2v) is 5.18. The number of aromatic nitrogens is 2. The van der Waals surface area contributed by atoms with Gasteiger partial charge in [0, 0.05) is 6.20 Å². The number of carboxylic acids is 1. The summed E-state index contributed by atoms with van der Waals surface area (Å²) >= 11 is 0. The molecule has 0 amide bonds. The third-order valence-electron chi connectivity index (χ3n) is 3.56. The van der Waals surface area contributed by atoms with Gasteiger partial charge in [0.1, 0.15) is 11.8 Å². The molecule has 0 saturated heterocycles. The summed E-state index contributed by atoms with van der Waals surface area (Å²) in [6.07, 6.45) is 6.47. The van der Waals surface area contributed by atoms with Gasteiger partial charge in [-0.2, -0.15) is 10.4 Å². The standard InChI is InChI=1S/C17H13N3O2/c1-11-2-3-13(8-11)16-14(9-18)10-20(19-16)15-6-4-12(5-7-15)17(21)22/h2-7,10H,8H2,1H3,(H,21,22). The normalized spacial score (nSPS) is 13.5. The van der Waals surface area contributed by atoms with E-state index in [9.17, 15) is 10.1 Å². The molecule has 0 spiro atoms. The first-order valence-corrected chi connectivity index (χ1v) is 6.78. The molecule has 3 rings (SSSR count). The predicted molar refractivity (Wildman–Crippen MR) is 81.6 cm³/mol.